The van der Waals surface area contributed by atoms with Crippen LogP contribution in [0.4, 0.5) is 0 Å². The van der Waals surface area contributed by atoms with Crippen molar-refractivity contribution in [1.29, 1.82) is 0 Å². The molecule has 0 amide bonds. The van der Waals surface area contributed by atoms with Crippen molar-refractivity contribution < 1.29 is 4.74 Å². The van der Waals surface area contributed by atoms with E-state index in [-0.39, 0.29) is 5.56 Å². The van der Waals surface area contributed by atoms with Crippen LogP contribution < -0.4 is 10.3 Å². The van der Waals surface area contributed by atoms with Gasteiger partial charge in [-0.25, -0.2) is 4.98 Å². The molecular formula is C28H29ClN2O2. The van der Waals surface area contributed by atoms with Gasteiger partial charge in [0.1, 0.15) is 11.6 Å². The van der Waals surface area contributed by atoms with E-state index in [2.05, 4.69) is 26.0 Å². The van der Waals surface area contributed by atoms with E-state index in [0.717, 1.165) is 30.6 Å². The molecule has 0 N–H and O–H groups in total. The first-order valence-electron chi connectivity index (χ1n) is 11.5. The number of hydrogen-bond acceptors (Lipinski definition) is 3. The van der Waals surface area contributed by atoms with Crippen LogP contribution in [0, 0.1) is 0 Å². The van der Waals surface area contributed by atoms with Gasteiger partial charge in [0.2, 0.25) is 0 Å². The number of nitrogens with zero attached hydrogens (tertiary/aromatic N) is 2. The van der Waals surface area contributed by atoms with E-state index < -0.39 is 0 Å². The molecule has 0 aliphatic carbocycles. The minimum atomic E-state index is -0.00713. The molecular weight excluding hydrogens is 432 g/mol. The van der Waals surface area contributed by atoms with Crippen molar-refractivity contribution in [1.82, 2.24) is 9.55 Å². The topological polar surface area (TPSA) is 44.1 Å². The molecule has 0 saturated carbocycles. The zero-order valence-electron chi connectivity index (χ0n) is 19.1. The van der Waals surface area contributed by atoms with E-state index in [1.807, 2.05) is 60.7 Å². The van der Waals surface area contributed by atoms with E-state index in [0.29, 0.717) is 40.8 Å². The number of para-hydroxylation sites is 1. The Morgan fingerprint density at radius 2 is 1.73 bits per heavy atom. The van der Waals surface area contributed by atoms with Gasteiger partial charge in [0, 0.05) is 17.1 Å². The third kappa shape index (κ3) is 5.63. The van der Waals surface area contributed by atoms with Crippen LogP contribution in [-0.4, -0.2) is 16.2 Å². The lowest BCUT2D eigenvalue weighted by atomic mass is 10.0. The Hall–Kier alpha value is -3.11. The van der Waals surface area contributed by atoms with Crippen molar-refractivity contribution in [2.45, 2.75) is 45.6 Å². The van der Waals surface area contributed by atoms with Crippen LogP contribution in [-0.2, 0) is 6.54 Å². The average molecular weight is 461 g/mol. The van der Waals surface area contributed by atoms with Crippen molar-refractivity contribution in [2.75, 3.05) is 6.61 Å². The van der Waals surface area contributed by atoms with Gasteiger partial charge in [0.15, 0.2) is 0 Å². The highest BCUT2D eigenvalue weighted by molar-refractivity contribution is 6.30. The number of benzene rings is 3. The Labute approximate surface area is 199 Å². The van der Waals surface area contributed by atoms with Crippen LogP contribution in [0.25, 0.3) is 22.3 Å². The van der Waals surface area contributed by atoms with Gasteiger partial charge in [-0.1, -0.05) is 49.7 Å². The molecule has 0 unspecified atom stereocenters. The van der Waals surface area contributed by atoms with Crippen molar-refractivity contribution in [3.8, 4) is 17.1 Å². The third-order valence-electron chi connectivity index (χ3n) is 5.78. The first kappa shape index (κ1) is 23.1. The maximum absolute atomic E-state index is 13.3. The van der Waals surface area contributed by atoms with Crippen molar-refractivity contribution in [3.05, 3.63) is 93.7 Å². The summed E-state index contributed by atoms with van der Waals surface area (Å²) in [6.07, 6.45) is 2.76. The Kier molecular flexibility index (Phi) is 7.46. The SMILES string of the molecule is CC(C)c1cccc(OCCCCCn2c(-c3ccc(Cl)cc3)nc3ccccc3c2=O)c1. The van der Waals surface area contributed by atoms with Crippen LogP contribution in [0.1, 0.15) is 44.6 Å². The normalized spacial score (nSPS) is 11.3. The Balaban J connectivity index is 1.43. The summed E-state index contributed by atoms with van der Waals surface area (Å²) < 4.78 is 7.73. The number of ether oxygens (including phenoxy) is 1. The van der Waals surface area contributed by atoms with Gasteiger partial charge in [0.05, 0.1) is 17.5 Å². The molecule has 5 heteroatoms. The molecule has 4 aromatic rings. The molecule has 0 fully saturated rings. The molecule has 3 aromatic carbocycles. The number of hydrogen-bond donors (Lipinski definition) is 0. The molecule has 0 aliphatic heterocycles. The molecule has 1 heterocycles. The van der Waals surface area contributed by atoms with E-state index in [4.69, 9.17) is 21.3 Å². The number of halogens is 1. The molecule has 4 rings (SSSR count). The monoisotopic (exact) mass is 460 g/mol. The van der Waals surface area contributed by atoms with Gasteiger partial charge in [-0.05, 0) is 79.3 Å². The zero-order chi connectivity index (χ0) is 23.2. The summed E-state index contributed by atoms with van der Waals surface area (Å²) >= 11 is 6.06. The number of unbranched alkanes of at least 4 members (excludes halogenated alkanes) is 2. The second-order valence-corrected chi connectivity index (χ2v) is 8.99. The van der Waals surface area contributed by atoms with Crippen molar-refractivity contribution >= 4 is 22.5 Å². The Bertz CT molecular complexity index is 1280. The maximum atomic E-state index is 13.3. The molecule has 0 atom stereocenters. The van der Waals surface area contributed by atoms with Gasteiger partial charge < -0.3 is 4.74 Å². The highest BCUT2D eigenvalue weighted by Crippen LogP contribution is 2.22. The van der Waals surface area contributed by atoms with E-state index in [1.54, 1.807) is 4.57 Å². The van der Waals surface area contributed by atoms with Crippen LogP contribution >= 0.6 is 11.6 Å². The van der Waals surface area contributed by atoms with Crippen LogP contribution in [0.5, 0.6) is 5.75 Å². The summed E-state index contributed by atoms with van der Waals surface area (Å²) in [5.74, 6) is 2.08. The third-order valence-corrected chi connectivity index (χ3v) is 6.04. The van der Waals surface area contributed by atoms with Gasteiger partial charge in [0.25, 0.3) is 5.56 Å². The maximum Gasteiger partial charge on any atom is 0.261 e. The van der Waals surface area contributed by atoms with Gasteiger partial charge >= 0.3 is 0 Å². The summed E-state index contributed by atoms with van der Waals surface area (Å²) in [5.41, 5.74) is 2.87. The van der Waals surface area contributed by atoms with Crippen LogP contribution in [0.2, 0.25) is 5.02 Å². The summed E-state index contributed by atoms with van der Waals surface area (Å²) in [6.45, 7) is 5.63. The second-order valence-electron chi connectivity index (χ2n) is 8.55. The zero-order valence-corrected chi connectivity index (χ0v) is 19.9. The molecule has 0 spiro atoms. The van der Waals surface area contributed by atoms with Gasteiger partial charge in [-0.3, -0.25) is 9.36 Å². The average Bonchev–Trinajstić information content (AvgIpc) is 2.83. The summed E-state index contributed by atoms with van der Waals surface area (Å²) in [6, 6.07) is 23.3. The summed E-state index contributed by atoms with van der Waals surface area (Å²) in [5, 5.41) is 1.30. The fourth-order valence-corrected chi connectivity index (χ4v) is 4.02. The highest BCUT2D eigenvalue weighted by Gasteiger charge is 2.12. The molecule has 33 heavy (non-hydrogen) atoms. The minimum Gasteiger partial charge on any atom is -0.494 e. The summed E-state index contributed by atoms with van der Waals surface area (Å²) in [4.78, 5) is 18.1. The molecule has 1 aromatic heterocycles. The number of rotatable bonds is 9. The predicted octanol–water partition coefficient (Wildman–Crippen LogP) is 7.09. The van der Waals surface area contributed by atoms with Crippen molar-refractivity contribution in [2.24, 2.45) is 0 Å². The van der Waals surface area contributed by atoms with Gasteiger partial charge in [-0.15, -0.1) is 0 Å². The number of aromatic nitrogens is 2. The first-order chi connectivity index (χ1) is 16.0. The van der Waals surface area contributed by atoms with E-state index in [1.165, 1.54) is 5.56 Å². The second kappa shape index (κ2) is 10.7. The first-order valence-corrected chi connectivity index (χ1v) is 11.9. The fourth-order valence-electron chi connectivity index (χ4n) is 3.90. The lowest BCUT2D eigenvalue weighted by molar-refractivity contribution is 0.303. The fraction of sp³-hybridized carbons (Fsp3) is 0.286. The quantitative estimate of drug-likeness (QED) is 0.250. The van der Waals surface area contributed by atoms with E-state index in [9.17, 15) is 4.79 Å². The lowest BCUT2D eigenvalue weighted by Gasteiger charge is -2.14. The molecule has 4 nitrogen and oxygen atoms in total. The largest absolute Gasteiger partial charge is 0.494 e. The molecule has 0 bridgehead atoms. The smallest absolute Gasteiger partial charge is 0.261 e. The van der Waals surface area contributed by atoms with Crippen LogP contribution in [0.15, 0.2) is 77.6 Å². The molecule has 0 saturated heterocycles. The standard InChI is InChI=1S/C28H29ClN2O2/c1-20(2)22-9-8-10-24(19-22)33-18-7-3-6-17-31-27(21-13-15-23(29)16-14-21)30-26-12-5-4-11-25(26)28(31)32/h4-5,8-16,19-20H,3,6-7,17-18H2,1-2H3. The van der Waals surface area contributed by atoms with Gasteiger partial charge in [-0.2, -0.15) is 0 Å². The van der Waals surface area contributed by atoms with Crippen LogP contribution in [0.3, 0.4) is 0 Å². The Morgan fingerprint density at radius 1 is 0.939 bits per heavy atom. The van der Waals surface area contributed by atoms with Crippen molar-refractivity contribution in [3.63, 3.8) is 0 Å². The summed E-state index contributed by atoms with van der Waals surface area (Å²) in [7, 11) is 0. The Morgan fingerprint density at radius 3 is 2.52 bits per heavy atom. The minimum absolute atomic E-state index is 0.00713. The molecule has 170 valence electrons. The van der Waals surface area contributed by atoms with E-state index >= 15 is 0 Å². The number of fused-ring (bicyclic) bond motifs is 1. The molecule has 0 aliphatic rings. The molecule has 0 radical (unpaired) electrons. The highest BCUT2D eigenvalue weighted by atomic mass is 35.5. The predicted molar refractivity (Wildman–Crippen MR) is 136 cm³/mol. The lowest BCUT2D eigenvalue weighted by Crippen LogP contribution is -2.23.